The van der Waals surface area contributed by atoms with Crippen LogP contribution in [0.1, 0.15) is 36.8 Å². The van der Waals surface area contributed by atoms with Crippen molar-refractivity contribution in [3.05, 3.63) is 83.4 Å². The summed E-state index contributed by atoms with van der Waals surface area (Å²) in [6.07, 6.45) is 4.92. The van der Waals surface area contributed by atoms with Crippen molar-refractivity contribution in [2.24, 2.45) is 0 Å². The van der Waals surface area contributed by atoms with Gasteiger partial charge in [-0.15, -0.1) is 0 Å². The molecule has 1 fully saturated rings. The third-order valence-electron chi connectivity index (χ3n) is 4.83. The first-order chi connectivity index (χ1) is 13.2. The van der Waals surface area contributed by atoms with E-state index in [-0.39, 0.29) is 12.1 Å². The topological polar surface area (TPSA) is 33.1 Å². The molecule has 0 saturated carbocycles. The summed E-state index contributed by atoms with van der Waals surface area (Å²) < 4.78 is 2.19. The van der Waals surface area contributed by atoms with E-state index in [9.17, 15) is 0 Å². The molecule has 4 rings (SSSR count). The van der Waals surface area contributed by atoms with E-state index in [2.05, 4.69) is 57.2 Å². The number of aromatic nitrogens is 2. The minimum absolute atomic E-state index is 0.00177. The van der Waals surface area contributed by atoms with Crippen LogP contribution in [0.25, 0.3) is 5.69 Å². The minimum atomic E-state index is -0.00177. The van der Waals surface area contributed by atoms with Crippen molar-refractivity contribution < 1.29 is 0 Å². The maximum absolute atomic E-state index is 6.23. The second-order valence-corrected chi connectivity index (χ2v) is 7.43. The van der Waals surface area contributed by atoms with Crippen LogP contribution in [0.3, 0.4) is 0 Å². The molecule has 0 unspecified atom stereocenters. The predicted octanol–water partition coefficient (Wildman–Crippen LogP) is 4.91. The van der Waals surface area contributed by atoms with Gasteiger partial charge in [0.15, 0.2) is 5.11 Å². The first kappa shape index (κ1) is 18.0. The number of hydrogen-bond acceptors (Lipinski definition) is 2. The number of halogens is 1. The summed E-state index contributed by atoms with van der Waals surface area (Å²) in [4.78, 5) is 6.86. The van der Waals surface area contributed by atoms with Crippen molar-refractivity contribution in [2.45, 2.75) is 25.4 Å². The third kappa shape index (κ3) is 3.45. The molecule has 1 saturated heterocycles. The Kier molecular flexibility index (Phi) is 5.14. The van der Waals surface area contributed by atoms with Crippen LogP contribution >= 0.6 is 23.8 Å². The van der Waals surface area contributed by atoms with Gasteiger partial charge in [0.2, 0.25) is 0 Å². The molecule has 3 heterocycles. The molecular formula is C21H21ClN4S. The zero-order valence-corrected chi connectivity index (χ0v) is 16.6. The van der Waals surface area contributed by atoms with E-state index in [1.54, 1.807) is 0 Å². The van der Waals surface area contributed by atoms with Gasteiger partial charge in [0.1, 0.15) is 0 Å². The second kappa shape index (κ2) is 7.71. The largest absolute Gasteiger partial charge is 0.352 e. The smallest absolute Gasteiger partial charge is 0.170 e. The van der Waals surface area contributed by atoms with E-state index in [0.717, 1.165) is 40.2 Å². The highest BCUT2D eigenvalue weighted by Gasteiger charge is 2.40. The molecule has 1 N–H and O–H groups in total. The lowest BCUT2D eigenvalue weighted by atomic mass is 10.0. The van der Waals surface area contributed by atoms with Gasteiger partial charge in [0, 0.05) is 35.3 Å². The fraction of sp³-hybridized carbons (Fsp3) is 0.238. The number of benzene rings is 1. The summed E-state index contributed by atoms with van der Waals surface area (Å²) in [5, 5.41) is 4.98. The molecule has 3 aromatic rings. The number of nitrogens with one attached hydrogen (secondary N) is 1. The van der Waals surface area contributed by atoms with Crippen LogP contribution in [0.15, 0.2) is 67.0 Å². The van der Waals surface area contributed by atoms with E-state index < -0.39 is 0 Å². The number of thiocarbonyl (C=S) groups is 1. The maximum atomic E-state index is 6.23. The van der Waals surface area contributed by atoms with Gasteiger partial charge in [-0.25, -0.2) is 0 Å². The van der Waals surface area contributed by atoms with Crippen molar-refractivity contribution in [1.82, 2.24) is 19.8 Å². The first-order valence-electron chi connectivity index (χ1n) is 9.10. The van der Waals surface area contributed by atoms with Gasteiger partial charge in [0.25, 0.3) is 0 Å². The van der Waals surface area contributed by atoms with Gasteiger partial charge in [-0.3, -0.25) is 4.98 Å². The van der Waals surface area contributed by atoms with Crippen LogP contribution in [0, 0.1) is 0 Å². The van der Waals surface area contributed by atoms with Crippen molar-refractivity contribution in [1.29, 1.82) is 0 Å². The van der Waals surface area contributed by atoms with Crippen molar-refractivity contribution in [3.63, 3.8) is 0 Å². The molecule has 1 aliphatic heterocycles. The molecule has 0 bridgehead atoms. The average molecular weight is 397 g/mol. The van der Waals surface area contributed by atoms with Crippen molar-refractivity contribution >= 4 is 28.9 Å². The Morgan fingerprint density at radius 1 is 1.15 bits per heavy atom. The van der Waals surface area contributed by atoms with Crippen LogP contribution in [0.5, 0.6) is 0 Å². The van der Waals surface area contributed by atoms with Crippen molar-refractivity contribution in [2.75, 3.05) is 6.54 Å². The van der Waals surface area contributed by atoms with Gasteiger partial charge in [-0.1, -0.05) is 30.7 Å². The standard InChI is InChI=1S/C21H21ClN4S/c1-2-12-26-20(19(24-21(26)27)17-9-3-4-11-23-17)18-10-6-13-25(18)16-8-5-7-15(22)14-16/h3-11,13-14,19-20H,2,12H2,1H3,(H,24,27)/t19-,20-/m1/s1. The molecule has 1 aromatic carbocycles. The predicted molar refractivity (Wildman–Crippen MR) is 113 cm³/mol. The molecular weight excluding hydrogens is 376 g/mol. The Labute approximate surface area is 169 Å². The quantitative estimate of drug-likeness (QED) is 0.621. The van der Waals surface area contributed by atoms with E-state index in [4.69, 9.17) is 23.8 Å². The fourth-order valence-corrected chi connectivity index (χ4v) is 4.22. The zero-order valence-electron chi connectivity index (χ0n) is 15.0. The lowest BCUT2D eigenvalue weighted by Crippen LogP contribution is -2.31. The monoisotopic (exact) mass is 396 g/mol. The highest BCUT2D eigenvalue weighted by molar-refractivity contribution is 7.80. The van der Waals surface area contributed by atoms with Gasteiger partial charge >= 0.3 is 0 Å². The third-order valence-corrected chi connectivity index (χ3v) is 5.42. The van der Waals surface area contributed by atoms with E-state index in [1.165, 1.54) is 0 Å². The minimum Gasteiger partial charge on any atom is -0.352 e. The summed E-state index contributed by atoms with van der Waals surface area (Å²) in [6, 6.07) is 18.2. The zero-order chi connectivity index (χ0) is 18.8. The van der Waals surface area contributed by atoms with Gasteiger partial charge in [-0.2, -0.15) is 0 Å². The van der Waals surface area contributed by atoms with Crippen LogP contribution in [-0.4, -0.2) is 26.1 Å². The molecule has 27 heavy (non-hydrogen) atoms. The number of pyridine rings is 1. The highest BCUT2D eigenvalue weighted by Crippen LogP contribution is 2.39. The van der Waals surface area contributed by atoms with Crippen LogP contribution < -0.4 is 5.32 Å². The summed E-state index contributed by atoms with van der Waals surface area (Å²) in [5.74, 6) is 0. The van der Waals surface area contributed by atoms with E-state index >= 15 is 0 Å². The second-order valence-electron chi connectivity index (χ2n) is 6.60. The normalized spacial score (nSPS) is 19.3. The van der Waals surface area contributed by atoms with Crippen molar-refractivity contribution in [3.8, 4) is 5.69 Å². The number of hydrogen-bond donors (Lipinski definition) is 1. The van der Waals surface area contributed by atoms with Crippen LogP contribution in [0.2, 0.25) is 5.02 Å². The molecule has 0 aliphatic carbocycles. The molecule has 2 aromatic heterocycles. The highest BCUT2D eigenvalue weighted by atomic mass is 35.5. The Bertz CT molecular complexity index is 940. The molecule has 2 atom stereocenters. The van der Waals surface area contributed by atoms with Gasteiger partial charge in [-0.05, 0) is 61.1 Å². The fourth-order valence-electron chi connectivity index (χ4n) is 3.70. The molecule has 0 radical (unpaired) electrons. The average Bonchev–Trinajstić information content (AvgIpc) is 3.28. The molecule has 0 spiro atoms. The Morgan fingerprint density at radius 2 is 2.04 bits per heavy atom. The Morgan fingerprint density at radius 3 is 2.78 bits per heavy atom. The van der Waals surface area contributed by atoms with E-state index in [0.29, 0.717) is 0 Å². The summed E-state index contributed by atoms with van der Waals surface area (Å²) in [6.45, 7) is 3.06. The molecule has 138 valence electrons. The summed E-state index contributed by atoms with van der Waals surface area (Å²) in [5.41, 5.74) is 3.19. The summed E-state index contributed by atoms with van der Waals surface area (Å²) >= 11 is 11.9. The van der Waals surface area contributed by atoms with Crippen LogP contribution in [-0.2, 0) is 0 Å². The molecule has 4 nitrogen and oxygen atoms in total. The number of nitrogens with zero attached hydrogens (tertiary/aromatic N) is 3. The SMILES string of the molecule is CCCN1C(=S)N[C@H](c2ccccn2)[C@H]1c1cccn1-c1cccc(Cl)c1. The Hall–Kier alpha value is -2.37. The number of rotatable bonds is 5. The lowest BCUT2D eigenvalue weighted by molar-refractivity contribution is 0.309. The Balaban J connectivity index is 1.81. The van der Waals surface area contributed by atoms with Gasteiger partial charge in [0.05, 0.1) is 17.8 Å². The maximum Gasteiger partial charge on any atom is 0.170 e. The van der Waals surface area contributed by atoms with Gasteiger partial charge < -0.3 is 14.8 Å². The molecule has 6 heteroatoms. The first-order valence-corrected chi connectivity index (χ1v) is 9.89. The molecule has 1 aliphatic rings. The van der Waals surface area contributed by atoms with E-state index in [1.807, 2.05) is 36.5 Å². The van der Waals surface area contributed by atoms with Crippen LogP contribution in [0.4, 0.5) is 0 Å². The molecule has 0 amide bonds. The lowest BCUT2D eigenvalue weighted by Gasteiger charge is -2.28. The summed E-state index contributed by atoms with van der Waals surface area (Å²) in [7, 11) is 0.